The number of carbonyl (C=O) groups excluding carboxylic acids is 1. The van der Waals surface area contributed by atoms with Crippen molar-refractivity contribution in [2.45, 2.75) is 25.6 Å². The third-order valence-corrected chi connectivity index (χ3v) is 5.29. The summed E-state index contributed by atoms with van der Waals surface area (Å²) in [6.45, 7) is 1.67. The van der Waals surface area contributed by atoms with E-state index in [1.807, 2.05) is 66.7 Å². The van der Waals surface area contributed by atoms with E-state index in [1.54, 1.807) is 0 Å². The number of halogens is 1. The van der Waals surface area contributed by atoms with Gasteiger partial charge >= 0.3 is 0 Å². The third kappa shape index (κ3) is 4.90. The van der Waals surface area contributed by atoms with Gasteiger partial charge in [-0.2, -0.15) is 0 Å². The molecule has 1 heterocycles. The van der Waals surface area contributed by atoms with Gasteiger partial charge in [0.2, 0.25) is 5.91 Å². The van der Waals surface area contributed by atoms with Gasteiger partial charge in [-0.1, -0.05) is 72.3 Å². The Labute approximate surface area is 176 Å². The molecule has 0 unspecified atom stereocenters. The smallest absolute Gasteiger partial charge is 0.222 e. The van der Waals surface area contributed by atoms with Crippen LogP contribution >= 0.6 is 11.6 Å². The summed E-state index contributed by atoms with van der Waals surface area (Å²) < 4.78 is 5.94. The molecule has 29 heavy (non-hydrogen) atoms. The number of amides is 1. The first-order valence-electron chi connectivity index (χ1n) is 9.72. The predicted molar refractivity (Wildman–Crippen MR) is 116 cm³/mol. The first kappa shape index (κ1) is 19.3. The maximum absolute atomic E-state index is 12.6. The normalized spacial score (nSPS) is 15.3. The zero-order valence-corrected chi connectivity index (χ0v) is 16.8. The lowest BCUT2D eigenvalue weighted by molar-refractivity contribution is -0.121. The lowest BCUT2D eigenvalue weighted by Gasteiger charge is -2.38. The third-order valence-electron chi connectivity index (χ3n) is 5.05. The minimum atomic E-state index is -0.0723. The van der Waals surface area contributed by atoms with E-state index in [9.17, 15) is 4.79 Å². The molecule has 1 aliphatic rings. The number of ether oxygens (including phenoxy) is 1. The second-order valence-electron chi connectivity index (χ2n) is 7.16. The SMILES string of the molecule is O=C(C[C@@H]1COc2ccc(Cl)cc2N1Cc1ccccc1)NCc1ccccc1. The molecule has 0 bridgehead atoms. The van der Waals surface area contributed by atoms with Crippen molar-refractivity contribution in [3.8, 4) is 5.75 Å². The van der Waals surface area contributed by atoms with Crippen LogP contribution < -0.4 is 15.0 Å². The fourth-order valence-electron chi connectivity index (χ4n) is 3.56. The molecule has 3 aromatic carbocycles. The Morgan fingerprint density at radius 2 is 1.69 bits per heavy atom. The van der Waals surface area contributed by atoms with Gasteiger partial charge in [0.05, 0.1) is 18.2 Å². The summed E-state index contributed by atoms with van der Waals surface area (Å²) in [4.78, 5) is 14.9. The van der Waals surface area contributed by atoms with Gasteiger partial charge in [0.25, 0.3) is 0 Å². The largest absolute Gasteiger partial charge is 0.489 e. The highest BCUT2D eigenvalue weighted by molar-refractivity contribution is 6.31. The summed E-state index contributed by atoms with van der Waals surface area (Å²) in [6.07, 6.45) is 0.353. The number of rotatable bonds is 6. The van der Waals surface area contributed by atoms with E-state index < -0.39 is 0 Å². The highest BCUT2D eigenvalue weighted by Gasteiger charge is 2.29. The van der Waals surface area contributed by atoms with Crippen LogP contribution in [-0.2, 0) is 17.9 Å². The molecule has 1 amide bonds. The molecule has 4 rings (SSSR count). The predicted octanol–water partition coefficient (Wildman–Crippen LogP) is 4.81. The minimum absolute atomic E-state index is 0.00555. The molecule has 0 radical (unpaired) electrons. The summed E-state index contributed by atoms with van der Waals surface area (Å²) in [5, 5.41) is 3.67. The molecule has 1 aliphatic heterocycles. The standard InChI is InChI=1S/C24H23ClN2O2/c25-20-11-12-23-22(13-20)27(16-19-9-5-2-6-10-19)21(17-29-23)14-24(28)26-15-18-7-3-1-4-8-18/h1-13,21H,14-17H2,(H,26,28)/t21-/m1/s1. The Hall–Kier alpha value is -2.98. The number of benzene rings is 3. The Bertz CT molecular complexity index is 963. The zero-order valence-electron chi connectivity index (χ0n) is 16.1. The van der Waals surface area contributed by atoms with Gasteiger partial charge in [0.1, 0.15) is 12.4 Å². The van der Waals surface area contributed by atoms with Crippen LogP contribution in [0.2, 0.25) is 5.02 Å². The van der Waals surface area contributed by atoms with Crippen molar-refractivity contribution in [2.24, 2.45) is 0 Å². The van der Waals surface area contributed by atoms with E-state index in [0.717, 1.165) is 17.0 Å². The quantitative estimate of drug-likeness (QED) is 0.638. The van der Waals surface area contributed by atoms with E-state index in [1.165, 1.54) is 5.56 Å². The molecular formula is C24H23ClN2O2. The lowest BCUT2D eigenvalue weighted by atomic mass is 10.1. The number of anilines is 1. The van der Waals surface area contributed by atoms with Crippen LogP contribution in [0.25, 0.3) is 0 Å². The molecule has 0 aromatic heterocycles. The lowest BCUT2D eigenvalue weighted by Crippen LogP contribution is -2.45. The maximum Gasteiger partial charge on any atom is 0.222 e. The Kier molecular flexibility index (Phi) is 6.01. The Balaban J connectivity index is 1.50. The highest BCUT2D eigenvalue weighted by Crippen LogP contribution is 2.37. The molecule has 1 atom stereocenters. The highest BCUT2D eigenvalue weighted by atomic mass is 35.5. The Morgan fingerprint density at radius 3 is 2.41 bits per heavy atom. The topological polar surface area (TPSA) is 41.6 Å². The van der Waals surface area contributed by atoms with Crippen molar-refractivity contribution in [3.63, 3.8) is 0 Å². The molecule has 1 N–H and O–H groups in total. The van der Waals surface area contributed by atoms with Crippen LogP contribution in [0.5, 0.6) is 5.75 Å². The number of fused-ring (bicyclic) bond motifs is 1. The van der Waals surface area contributed by atoms with Gasteiger partial charge in [-0.25, -0.2) is 0 Å². The fraction of sp³-hybridized carbons (Fsp3) is 0.208. The van der Waals surface area contributed by atoms with Gasteiger partial charge in [-0.05, 0) is 29.3 Å². The fourth-order valence-corrected chi connectivity index (χ4v) is 3.72. The summed E-state index contributed by atoms with van der Waals surface area (Å²) in [6, 6.07) is 25.7. The Morgan fingerprint density at radius 1 is 1.00 bits per heavy atom. The number of nitrogens with one attached hydrogen (secondary N) is 1. The second-order valence-corrected chi connectivity index (χ2v) is 7.59. The van der Waals surface area contributed by atoms with Gasteiger partial charge in [-0.3, -0.25) is 4.79 Å². The van der Waals surface area contributed by atoms with Crippen molar-refractivity contribution in [3.05, 3.63) is 95.0 Å². The van der Waals surface area contributed by atoms with Crippen LogP contribution in [0, 0.1) is 0 Å². The molecule has 5 heteroatoms. The molecule has 0 saturated carbocycles. The van der Waals surface area contributed by atoms with E-state index >= 15 is 0 Å². The summed E-state index contributed by atoms with van der Waals surface area (Å²) in [5.41, 5.74) is 3.18. The molecule has 3 aromatic rings. The van der Waals surface area contributed by atoms with E-state index in [2.05, 4.69) is 22.3 Å². The van der Waals surface area contributed by atoms with E-state index in [0.29, 0.717) is 31.1 Å². The van der Waals surface area contributed by atoms with Crippen LogP contribution in [0.1, 0.15) is 17.5 Å². The summed E-state index contributed by atoms with van der Waals surface area (Å²) in [7, 11) is 0. The molecule has 0 fully saturated rings. The maximum atomic E-state index is 12.6. The van der Waals surface area contributed by atoms with Crippen molar-refractivity contribution in [1.82, 2.24) is 5.32 Å². The first-order valence-corrected chi connectivity index (χ1v) is 10.1. The average molecular weight is 407 g/mol. The minimum Gasteiger partial charge on any atom is -0.489 e. The van der Waals surface area contributed by atoms with Crippen LogP contribution in [0.3, 0.4) is 0 Å². The molecule has 0 aliphatic carbocycles. The van der Waals surface area contributed by atoms with E-state index in [4.69, 9.17) is 16.3 Å². The second kappa shape index (κ2) is 9.01. The van der Waals surface area contributed by atoms with Crippen LogP contribution in [0.4, 0.5) is 5.69 Å². The molecule has 4 nitrogen and oxygen atoms in total. The molecule has 0 saturated heterocycles. The van der Waals surface area contributed by atoms with Gasteiger partial charge in [0.15, 0.2) is 0 Å². The first-order chi connectivity index (χ1) is 14.2. The molecule has 0 spiro atoms. The summed E-state index contributed by atoms with van der Waals surface area (Å²) in [5.74, 6) is 0.803. The van der Waals surface area contributed by atoms with Gasteiger partial charge in [-0.15, -0.1) is 0 Å². The number of hydrogen-bond acceptors (Lipinski definition) is 3. The van der Waals surface area contributed by atoms with E-state index in [-0.39, 0.29) is 11.9 Å². The van der Waals surface area contributed by atoms with Crippen molar-refractivity contribution >= 4 is 23.2 Å². The zero-order chi connectivity index (χ0) is 20.1. The van der Waals surface area contributed by atoms with Gasteiger partial charge < -0.3 is 15.0 Å². The van der Waals surface area contributed by atoms with Gasteiger partial charge in [0, 0.05) is 18.1 Å². The molecule has 148 valence electrons. The van der Waals surface area contributed by atoms with Crippen molar-refractivity contribution in [2.75, 3.05) is 11.5 Å². The number of nitrogens with zero attached hydrogens (tertiary/aromatic N) is 1. The average Bonchev–Trinajstić information content (AvgIpc) is 2.75. The number of hydrogen-bond donors (Lipinski definition) is 1. The van der Waals surface area contributed by atoms with Crippen molar-refractivity contribution < 1.29 is 9.53 Å². The number of carbonyl (C=O) groups is 1. The van der Waals surface area contributed by atoms with Crippen LogP contribution in [0.15, 0.2) is 78.9 Å². The van der Waals surface area contributed by atoms with Crippen molar-refractivity contribution in [1.29, 1.82) is 0 Å². The monoisotopic (exact) mass is 406 g/mol. The summed E-state index contributed by atoms with van der Waals surface area (Å²) >= 11 is 6.25. The van der Waals surface area contributed by atoms with Crippen LogP contribution in [-0.4, -0.2) is 18.6 Å². The molecular weight excluding hydrogens is 384 g/mol.